The molecule has 0 unspecified atom stereocenters. The van der Waals surface area contributed by atoms with Gasteiger partial charge < -0.3 is 4.74 Å². The molecule has 13 heavy (non-hydrogen) atoms. The molecule has 1 nitrogen and oxygen atoms in total. The Labute approximate surface area is 80.0 Å². The van der Waals surface area contributed by atoms with Crippen LogP contribution < -0.4 is 4.74 Å². The van der Waals surface area contributed by atoms with Gasteiger partial charge in [0.05, 0.1) is 6.26 Å². The van der Waals surface area contributed by atoms with Crippen molar-refractivity contribution < 1.29 is 4.74 Å². The second-order valence-electron chi connectivity index (χ2n) is 2.87. The van der Waals surface area contributed by atoms with E-state index < -0.39 is 0 Å². The van der Waals surface area contributed by atoms with E-state index in [-0.39, 0.29) is 0 Å². The second kappa shape index (κ2) is 4.70. The summed E-state index contributed by atoms with van der Waals surface area (Å²) >= 11 is 0. The van der Waals surface area contributed by atoms with E-state index in [0.717, 1.165) is 12.2 Å². The fraction of sp³-hybridized carbons (Fsp3) is 0.333. The molecule has 1 heterocycles. The van der Waals surface area contributed by atoms with Gasteiger partial charge in [0.15, 0.2) is 0 Å². The molecule has 1 aromatic carbocycles. The number of benzene rings is 1. The van der Waals surface area contributed by atoms with Crippen molar-refractivity contribution in [2.24, 2.45) is 0 Å². The van der Waals surface area contributed by atoms with Crippen molar-refractivity contribution >= 4 is 0 Å². The van der Waals surface area contributed by atoms with Gasteiger partial charge in [-0.1, -0.05) is 32.0 Å². The largest absolute Gasteiger partial charge is 0.465 e. The SMILES string of the molecule is CC.CC1=COc2ccccc2C1. The van der Waals surface area contributed by atoms with Crippen LogP contribution >= 0.6 is 0 Å². The predicted molar refractivity (Wildman–Crippen MR) is 55.9 cm³/mol. The molecule has 0 fully saturated rings. The topological polar surface area (TPSA) is 9.23 Å². The van der Waals surface area contributed by atoms with Crippen molar-refractivity contribution in [3.05, 3.63) is 41.7 Å². The molecule has 1 aliphatic heterocycles. The minimum atomic E-state index is 0.998. The van der Waals surface area contributed by atoms with Gasteiger partial charge in [0.2, 0.25) is 0 Å². The minimum Gasteiger partial charge on any atom is -0.465 e. The van der Waals surface area contributed by atoms with E-state index >= 15 is 0 Å². The average Bonchev–Trinajstić information content (AvgIpc) is 2.21. The molecule has 0 N–H and O–H groups in total. The van der Waals surface area contributed by atoms with Crippen molar-refractivity contribution in [3.63, 3.8) is 0 Å². The summed E-state index contributed by atoms with van der Waals surface area (Å²) in [6.07, 6.45) is 2.85. The first-order valence-electron chi connectivity index (χ1n) is 4.76. The van der Waals surface area contributed by atoms with Gasteiger partial charge in [-0.25, -0.2) is 0 Å². The van der Waals surface area contributed by atoms with Crippen molar-refractivity contribution in [2.45, 2.75) is 27.2 Å². The molecule has 0 saturated carbocycles. The van der Waals surface area contributed by atoms with Gasteiger partial charge in [0.1, 0.15) is 5.75 Å². The first kappa shape index (κ1) is 9.85. The molecule has 1 heteroatoms. The maximum atomic E-state index is 5.37. The highest BCUT2D eigenvalue weighted by molar-refractivity contribution is 5.38. The van der Waals surface area contributed by atoms with Crippen LogP contribution in [0, 0.1) is 0 Å². The Balaban J connectivity index is 0.000000396. The zero-order valence-electron chi connectivity index (χ0n) is 8.50. The zero-order chi connectivity index (χ0) is 9.68. The normalized spacial score (nSPS) is 13.0. The molecule has 0 bridgehead atoms. The summed E-state index contributed by atoms with van der Waals surface area (Å²) in [4.78, 5) is 0. The highest BCUT2D eigenvalue weighted by Gasteiger charge is 2.07. The summed E-state index contributed by atoms with van der Waals surface area (Å²) in [5.41, 5.74) is 2.57. The highest BCUT2D eigenvalue weighted by atomic mass is 16.5. The molecule has 0 atom stereocenters. The lowest BCUT2D eigenvalue weighted by molar-refractivity contribution is 0.457. The third-order valence-corrected chi connectivity index (χ3v) is 1.83. The summed E-state index contributed by atoms with van der Waals surface area (Å²) in [5, 5.41) is 0. The number of para-hydroxylation sites is 1. The monoisotopic (exact) mass is 176 g/mol. The third kappa shape index (κ3) is 2.35. The molecule has 0 saturated heterocycles. The highest BCUT2D eigenvalue weighted by Crippen LogP contribution is 2.25. The van der Waals surface area contributed by atoms with E-state index in [1.807, 2.05) is 38.3 Å². The van der Waals surface area contributed by atoms with Crippen LogP contribution in [-0.2, 0) is 6.42 Å². The van der Waals surface area contributed by atoms with E-state index in [2.05, 4.69) is 13.0 Å². The molecule has 0 spiro atoms. The molecular weight excluding hydrogens is 160 g/mol. The molecular formula is C12H16O. The van der Waals surface area contributed by atoms with E-state index in [1.54, 1.807) is 0 Å². The van der Waals surface area contributed by atoms with Crippen LogP contribution in [-0.4, -0.2) is 0 Å². The van der Waals surface area contributed by atoms with Crippen LogP contribution in [0.5, 0.6) is 5.75 Å². The lowest BCUT2D eigenvalue weighted by Gasteiger charge is -2.13. The van der Waals surface area contributed by atoms with Crippen molar-refractivity contribution in [1.29, 1.82) is 0 Å². The Morgan fingerprint density at radius 1 is 1.15 bits per heavy atom. The summed E-state index contributed by atoms with van der Waals surface area (Å²) in [6, 6.07) is 8.14. The minimum absolute atomic E-state index is 0.998. The zero-order valence-corrected chi connectivity index (χ0v) is 8.50. The average molecular weight is 176 g/mol. The Bertz CT molecular complexity index is 300. The van der Waals surface area contributed by atoms with Gasteiger partial charge in [-0.15, -0.1) is 0 Å². The summed E-state index contributed by atoms with van der Waals surface area (Å²) in [7, 11) is 0. The first-order chi connectivity index (χ1) is 6.36. The van der Waals surface area contributed by atoms with Crippen LogP contribution in [0.25, 0.3) is 0 Å². The number of fused-ring (bicyclic) bond motifs is 1. The molecule has 0 radical (unpaired) electrons. The van der Waals surface area contributed by atoms with Crippen LogP contribution in [0.2, 0.25) is 0 Å². The summed E-state index contributed by atoms with van der Waals surface area (Å²) in [5.74, 6) is 0.998. The molecule has 70 valence electrons. The van der Waals surface area contributed by atoms with Gasteiger partial charge in [0.25, 0.3) is 0 Å². The van der Waals surface area contributed by atoms with Gasteiger partial charge in [-0.3, -0.25) is 0 Å². The number of rotatable bonds is 0. The van der Waals surface area contributed by atoms with Gasteiger partial charge in [-0.05, 0) is 24.1 Å². The fourth-order valence-corrected chi connectivity index (χ4v) is 1.27. The van der Waals surface area contributed by atoms with Crippen LogP contribution in [0.1, 0.15) is 26.3 Å². The molecule has 1 aromatic rings. The van der Waals surface area contributed by atoms with E-state index in [0.29, 0.717) is 0 Å². The standard InChI is InChI=1S/C10H10O.C2H6/c1-8-6-9-4-2-3-5-10(9)11-7-8;1-2/h2-5,7H,6H2,1H3;1-2H3. The van der Waals surface area contributed by atoms with Gasteiger partial charge in [0, 0.05) is 6.42 Å². The number of hydrogen-bond donors (Lipinski definition) is 0. The maximum Gasteiger partial charge on any atom is 0.130 e. The van der Waals surface area contributed by atoms with Crippen LogP contribution in [0.3, 0.4) is 0 Å². The Hall–Kier alpha value is -1.24. The fourth-order valence-electron chi connectivity index (χ4n) is 1.27. The van der Waals surface area contributed by atoms with Crippen molar-refractivity contribution in [2.75, 3.05) is 0 Å². The lowest BCUT2D eigenvalue weighted by Crippen LogP contribution is -1.99. The quantitative estimate of drug-likeness (QED) is 0.587. The molecule has 0 aliphatic carbocycles. The first-order valence-corrected chi connectivity index (χ1v) is 4.76. The maximum absolute atomic E-state index is 5.37. The molecule has 0 aromatic heterocycles. The van der Waals surface area contributed by atoms with Crippen molar-refractivity contribution in [3.8, 4) is 5.75 Å². The summed E-state index contributed by atoms with van der Waals surface area (Å²) in [6.45, 7) is 6.08. The molecule has 0 amide bonds. The van der Waals surface area contributed by atoms with E-state index in [1.165, 1.54) is 11.1 Å². The third-order valence-electron chi connectivity index (χ3n) is 1.83. The number of allylic oxidation sites excluding steroid dienone is 1. The smallest absolute Gasteiger partial charge is 0.130 e. The van der Waals surface area contributed by atoms with Crippen LogP contribution in [0.15, 0.2) is 36.1 Å². The Morgan fingerprint density at radius 2 is 1.85 bits per heavy atom. The number of hydrogen-bond acceptors (Lipinski definition) is 1. The molecule has 1 aliphatic rings. The van der Waals surface area contributed by atoms with E-state index in [4.69, 9.17) is 4.74 Å². The van der Waals surface area contributed by atoms with Gasteiger partial charge >= 0.3 is 0 Å². The van der Waals surface area contributed by atoms with E-state index in [9.17, 15) is 0 Å². The van der Waals surface area contributed by atoms with Crippen molar-refractivity contribution in [1.82, 2.24) is 0 Å². The van der Waals surface area contributed by atoms with Crippen LogP contribution in [0.4, 0.5) is 0 Å². The second-order valence-corrected chi connectivity index (χ2v) is 2.87. The predicted octanol–water partition coefficient (Wildman–Crippen LogP) is 3.55. The number of ether oxygens (including phenoxy) is 1. The lowest BCUT2D eigenvalue weighted by atomic mass is 10.1. The van der Waals surface area contributed by atoms with Gasteiger partial charge in [-0.2, -0.15) is 0 Å². The Morgan fingerprint density at radius 3 is 2.62 bits per heavy atom. The molecule has 2 rings (SSSR count). The Kier molecular flexibility index (Phi) is 3.56. The summed E-state index contributed by atoms with van der Waals surface area (Å²) < 4.78 is 5.37.